The molecule has 2 rings (SSSR count). The summed E-state index contributed by atoms with van der Waals surface area (Å²) in [5.41, 5.74) is 1.01. The van der Waals surface area contributed by atoms with Gasteiger partial charge in [-0.1, -0.05) is 27.7 Å². The van der Waals surface area contributed by atoms with Crippen molar-refractivity contribution in [2.24, 2.45) is 22.7 Å². The average molecular weight is 239 g/mol. The van der Waals surface area contributed by atoms with Crippen LogP contribution in [0.3, 0.4) is 0 Å². The van der Waals surface area contributed by atoms with Crippen LogP contribution in [0.15, 0.2) is 0 Å². The lowest BCUT2D eigenvalue weighted by atomic mass is 9.68. The van der Waals surface area contributed by atoms with Crippen molar-refractivity contribution in [2.75, 3.05) is 20.3 Å². The fourth-order valence-corrected chi connectivity index (χ4v) is 4.47. The summed E-state index contributed by atoms with van der Waals surface area (Å²) in [4.78, 5) is 0. The molecule has 2 heteroatoms. The summed E-state index contributed by atoms with van der Waals surface area (Å²) >= 11 is 0. The normalized spacial score (nSPS) is 40.8. The van der Waals surface area contributed by atoms with Crippen molar-refractivity contribution in [3.05, 3.63) is 0 Å². The molecule has 4 unspecified atom stereocenters. The highest BCUT2D eigenvalue weighted by atomic mass is 16.5. The monoisotopic (exact) mass is 239 g/mol. The molecule has 0 heterocycles. The number of ether oxygens (including phenoxy) is 1. The maximum atomic E-state index is 5.22. The van der Waals surface area contributed by atoms with Crippen molar-refractivity contribution < 1.29 is 4.74 Å². The van der Waals surface area contributed by atoms with Crippen LogP contribution in [0.1, 0.15) is 47.0 Å². The van der Waals surface area contributed by atoms with Crippen LogP contribution in [-0.4, -0.2) is 26.3 Å². The van der Waals surface area contributed by atoms with Crippen LogP contribution in [0, 0.1) is 22.7 Å². The van der Waals surface area contributed by atoms with Gasteiger partial charge in [-0.2, -0.15) is 0 Å². The molecule has 0 aromatic carbocycles. The maximum Gasteiger partial charge on any atom is 0.0499 e. The number of hydrogen-bond acceptors (Lipinski definition) is 2. The average Bonchev–Trinajstić information content (AvgIpc) is 2.69. The Hall–Kier alpha value is -0.0800. The fraction of sp³-hybridized carbons (Fsp3) is 1.00. The van der Waals surface area contributed by atoms with Gasteiger partial charge in [-0.15, -0.1) is 0 Å². The van der Waals surface area contributed by atoms with Crippen molar-refractivity contribution in [3.8, 4) is 0 Å². The van der Waals surface area contributed by atoms with Gasteiger partial charge in [0.15, 0.2) is 0 Å². The Morgan fingerprint density at radius 1 is 1.35 bits per heavy atom. The lowest BCUT2D eigenvalue weighted by Crippen LogP contribution is -2.51. The van der Waals surface area contributed by atoms with E-state index < -0.39 is 0 Å². The highest BCUT2D eigenvalue weighted by Crippen LogP contribution is 2.62. The first kappa shape index (κ1) is 13.4. The van der Waals surface area contributed by atoms with Gasteiger partial charge in [0.1, 0.15) is 0 Å². The van der Waals surface area contributed by atoms with E-state index >= 15 is 0 Å². The van der Waals surface area contributed by atoms with Crippen LogP contribution < -0.4 is 5.32 Å². The Bertz CT molecular complexity index is 271. The molecule has 0 aliphatic heterocycles. The third kappa shape index (κ3) is 2.26. The maximum absolute atomic E-state index is 5.22. The smallest absolute Gasteiger partial charge is 0.0499 e. The summed E-state index contributed by atoms with van der Waals surface area (Å²) in [6.07, 6.45) is 4.28. The Labute approximate surface area is 107 Å². The first-order valence-electron chi connectivity index (χ1n) is 7.12. The van der Waals surface area contributed by atoms with Gasteiger partial charge in [-0.25, -0.2) is 0 Å². The Kier molecular flexibility index (Phi) is 3.57. The van der Waals surface area contributed by atoms with E-state index in [2.05, 4.69) is 33.0 Å². The zero-order valence-corrected chi connectivity index (χ0v) is 12.2. The molecule has 2 aliphatic carbocycles. The molecule has 0 radical (unpaired) electrons. The molecule has 2 fully saturated rings. The van der Waals surface area contributed by atoms with Gasteiger partial charge in [-0.3, -0.25) is 0 Å². The predicted molar refractivity (Wildman–Crippen MR) is 72.1 cm³/mol. The molecule has 1 N–H and O–H groups in total. The molecule has 0 aromatic rings. The Balaban J connectivity index is 1.96. The SMILES string of the molecule is COCC(C)CNC1C2(C)CCC(C2)C1(C)C. The molecule has 100 valence electrons. The molecule has 0 saturated heterocycles. The number of hydrogen-bond donors (Lipinski definition) is 1. The van der Waals surface area contributed by atoms with Crippen molar-refractivity contribution >= 4 is 0 Å². The molecule has 4 atom stereocenters. The van der Waals surface area contributed by atoms with Crippen molar-refractivity contribution in [3.63, 3.8) is 0 Å². The summed E-state index contributed by atoms with van der Waals surface area (Å²) in [7, 11) is 1.79. The molecule has 0 aromatic heterocycles. The van der Waals surface area contributed by atoms with Gasteiger partial charge in [0.05, 0.1) is 0 Å². The van der Waals surface area contributed by atoms with E-state index in [1.54, 1.807) is 7.11 Å². The molecule has 0 amide bonds. The summed E-state index contributed by atoms with van der Waals surface area (Å²) in [5, 5.41) is 3.85. The van der Waals surface area contributed by atoms with E-state index in [4.69, 9.17) is 4.74 Å². The molecule has 2 nitrogen and oxygen atoms in total. The van der Waals surface area contributed by atoms with Crippen LogP contribution in [0.4, 0.5) is 0 Å². The third-order valence-electron chi connectivity index (χ3n) is 5.39. The minimum Gasteiger partial charge on any atom is -0.384 e. The summed E-state index contributed by atoms with van der Waals surface area (Å²) in [5.74, 6) is 1.54. The summed E-state index contributed by atoms with van der Waals surface area (Å²) < 4.78 is 5.22. The number of nitrogens with one attached hydrogen (secondary N) is 1. The van der Waals surface area contributed by atoms with Crippen LogP contribution >= 0.6 is 0 Å². The van der Waals surface area contributed by atoms with E-state index in [9.17, 15) is 0 Å². The second-order valence-corrected chi connectivity index (χ2v) is 7.32. The zero-order chi connectivity index (χ0) is 12.7. The molecular formula is C15H29NO. The van der Waals surface area contributed by atoms with Gasteiger partial charge >= 0.3 is 0 Å². The third-order valence-corrected chi connectivity index (χ3v) is 5.39. The first-order valence-corrected chi connectivity index (χ1v) is 7.12. The highest BCUT2D eigenvalue weighted by Gasteiger charge is 2.58. The van der Waals surface area contributed by atoms with E-state index in [0.717, 1.165) is 19.1 Å². The van der Waals surface area contributed by atoms with Crippen LogP contribution in [0.2, 0.25) is 0 Å². The Morgan fingerprint density at radius 2 is 2.06 bits per heavy atom. The number of fused-ring (bicyclic) bond motifs is 2. The largest absolute Gasteiger partial charge is 0.384 e. The van der Waals surface area contributed by atoms with Crippen LogP contribution in [0.5, 0.6) is 0 Å². The van der Waals surface area contributed by atoms with E-state index in [0.29, 0.717) is 22.8 Å². The number of methoxy groups -OCH3 is 1. The summed E-state index contributed by atoms with van der Waals surface area (Å²) in [6.45, 7) is 11.6. The predicted octanol–water partition coefficient (Wildman–Crippen LogP) is 3.07. The second kappa shape index (κ2) is 4.55. The molecule has 0 spiro atoms. The van der Waals surface area contributed by atoms with Gasteiger partial charge in [0.25, 0.3) is 0 Å². The number of rotatable bonds is 5. The standard InChI is InChI=1S/C15H29NO/c1-11(10-17-5)9-16-13-14(2,3)12-6-7-15(13,4)8-12/h11-13,16H,6-10H2,1-5H3. The van der Waals surface area contributed by atoms with E-state index in [1.807, 2.05) is 0 Å². The van der Waals surface area contributed by atoms with Crippen LogP contribution in [-0.2, 0) is 4.74 Å². The van der Waals surface area contributed by atoms with Crippen molar-refractivity contribution in [2.45, 2.75) is 53.0 Å². The second-order valence-electron chi connectivity index (χ2n) is 7.32. The topological polar surface area (TPSA) is 21.3 Å². The molecule has 2 aliphatic rings. The first-order chi connectivity index (χ1) is 7.90. The van der Waals surface area contributed by atoms with Gasteiger partial charge < -0.3 is 10.1 Å². The van der Waals surface area contributed by atoms with Crippen LogP contribution in [0.25, 0.3) is 0 Å². The van der Waals surface area contributed by atoms with Gasteiger partial charge in [0.2, 0.25) is 0 Å². The molecular weight excluding hydrogens is 210 g/mol. The van der Waals surface area contributed by atoms with Gasteiger partial charge in [0, 0.05) is 26.3 Å². The Morgan fingerprint density at radius 3 is 2.59 bits per heavy atom. The van der Waals surface area contributed by atoms with E-state index in [1.165, 1.54) is 19.3 Å². The summed E-state index contributed by atoms with van der Waals surface area (Å²) in [6, 6.07) is 0.688. The lowest BCUT2D eigenvalue weighted by molar-refractivity contribution is 0.0960. The van der Waals surface area contributed by atoms with Crippen molar-refractivity contribution in [1.82, 2.24) is 5.32 Å². The minimum atomic E-state index is 0.472. The molecule has 2 saturated carbocycles. The minimum absolute atomic E-state index is 0.472. The molecule has 17 heavy (non-hydrogen) atoms. The molecule has 2 bridgehead atoms. The van der Waals surface area contributed by atoms with E-state index in [-0.39, 0.29) is 0 Å². The fourth-order valence-electron chi connectivity index (χ4n) is 4.47. The highest BCUT2D eigenvalue weighted by molar-refractivity contribution is 5.11. The lowest BCUT2D eigenvalue weighted by Gasteiger charge is -2.43. The van der Waals surface area contributed by atoms with Gasteiger partial charge in [-0.05, 0) is 41.9 Å². The zero-order valence-electron chi connectivity index (χ0n) is 12.2. The van der Waals surface area contributed by atoms with Crippen molar-refractivity contribution in [1.29, 1.82) is 0 Å². The quantitative estimate of drug-likeness (QED) is 0.796.